The van der Waals surface area contributed by atoms with Crippen molar-refractivity contribution in [3.05, 3.63) is 133 Å². The summed E-state index contributed by atoms with van der Waals surface area (Å²) in [6, 6.07) is 19.1. The summed E-state index contributed by atoms with van der Waals surface area (Å²) in [5.74, 6) is 1.92. The molecule has 0 radical (unpaired) electrons. The molecule has 334 valence electrons. The number of allylic oxidation sites excluding steroid dienone is 1. The van der Waals surface area contributed by atoms with Gasteiger partial charge in [0.15, 0.2) is 5.88 Å². The van der Waals surface area contributed by atoms with E-state index in [1.54, 1.807) is 0 Å². The second-order valence-electron chi connectivity index (χ2n) is 19.3. The second-order valence-corrected chi connectivity index (χ2v) is 19.3. The van der Waals surface area contributed by atoms with Crippen LogP contribution in [-0.4, -0.2) is 42.2 Å². The van der Waals surface area contributed by atoms with Crippen LogP contribution in [0.5, 0.6) is 0 Å². The van der Waals surface area contributed by atoms with E-state index in [1.165, 1.54) is 0 Å². The molecule has 60 heavy (non-hydrogen) atoms. The van der Waals surface area contributed by atoms with E-state index in [1.807, 2.05) is 48.5 Å². The number of carbonyl (C=O) groups is 1. The standard InChI is InChI=1S/C52H84N6O2/c1-18-37(8)49(42(13)55-40(11)36(6)7)54-39(10)31-47(57-43(14)60-33-45-27-23-20-24-28-45)48(32-44-25-21-19-22-26-44)58-51(59)50(52(15,16)17)56-41(12)46(30-35(4)5)53-38(9)29-34(2)3/h19-28,34-37,40,46-50,53-57H,9-10,12-14,18,29-33H2,1-8,11,15-17H3,(H,58,59)/t37-,40?,46?,47-,48?,49?,50?/m0/s1. The highest BCUT2D eigenvalue weighted by Gasteiger charge is 2.36. The Bertz CT molecular complexity index is 1640. The van der Waals surface area contributed by atoms with E-state index in [0.29, 0.717) is 49.0 Å². The van der Waals surface area contributed by atoms with Gasteiger partial charge in [-0.3, -0.25) is 4.79 Å². The molecule has 0 saturated carbocycles. The normalized spacial score (nSPS) is 15.1. The molecule has 2 rings (SSSR count). The van der Waals surface area contributed by atoms with E-state index in [4.69, 9.17) is 4.74 Å². The van der Waals surface area contributed by atoms with Crippen LogP contribution in [0.25, 0.3) is 0 Å². The van der Waals surface area contributed by atoms with Crippen LogP contribution in [0.3, 0.4) is 0 Å². The van der Waals surface area contributed by atoms with Crippen molar-refractivity contribution < 1.29 is 9.53 Å². The fourth-order valence-electron chi connectivity index (χ4n) is 7.14. The van der Waals surface area contributed by atoms with E-state index in [2.05, 4.69) is 160 Å². The first-order valence-electron chi connectivity index (χ1n) is 22.4. The van der Waals surface area contributed by atoms with Crippen LogP contribution in [-0.2, 0) is 22.6 Å². The highest BCUT2D eigenvalue weighted by molar-refractivity contribution is 5.83. The molecule has 0 heterocycles. The summed E-state index contributed by atoms with van der Waals surface area (Å²) >= 11 is 0. The zero-order valence-corrected chi connectivity index (χ0v) is 39.6. The molecule has 6 N–H and O–H groups in total. The van der Waals surface area contributed by atoms with Crippen LogP contribution < -0.4 is 31.9 Å². The number of hydrogen-bond acceptors (Lipinski definition) is 7. The Balaban J connectivity index is 2.56. The van der Waals surface area contributed by atoms with Gasteiger partial charge in [-0.2, -0.15) is 0 Å². The third-order valence-corrected chi connectivity index (χ3v) is 11.2. The topological polar surface area (TPSA) is 98.5 Å². The minimum absolute atomic E-state index is 0.0476. The number of rotatable bonds is 29. The first-order valence-corrected chi connectivity index (χ1v) is 22.4. The van der Waals surface area contributed by atoms with Gasteiger partial charge in [-0.1, -0.05) is 170 Å². The van der Waals surface area contributed by atoms with Gasteiger partial charge < -0.3 is 36.6 Å². The highest BCUT2D eigenvalue weighted by atomic mass is 16.5. The van der Waals surface area contributed by atoms with Crippen LogP contribution in [0.15, 0.2) is 122 Å². The number of hydrogen-bond donors (Lipinski definition) is 6. The van der Waals surface area contributed by atoms with Crippen LogP contribution >= 0.6 is 0 Å². The van der Waals surface area contributed by atoms with Gasteiger partial charge in [0.1, 0.15) is 12.6 Å². The van der Waals surface area contributed by atoms with E-state index < -0.39 is 17.5 Å². The summed E-state index contributed by atoms with van der Waals surface area (Å²) in [7, 11) is 0. The van der Waals surface area contributed by atoms with Crippen molar-refractivity contribution in [1.29, 1.82) is 0 Å². The van der Waals surface area contributed by atoms with Crippen molar-refractivity contribution in [1.82, 2.24) is 31.9 Å². The van der Waals surface area contributed by atoms with Crippen LogP contribution in [0.4, 0.5) is 0 Å². The maximum absolute atomic E-state index is 14.9. The Morgan fingerprint density at radius 3 is 1.73 bits per heavy atom. The molecular formula is C52H84N6O2. The number of nitrogens with one attached hydrogen (secondary N) is 6. The van der Waals surface area contributed by atoms with E-state index in [0.717, 1.165) is 53.2 Å². The Morgan fingerprint density at radius 1 is 0.650 bits per heavy atom. The smallest absolute Gasteiger partial charge is 0.243 e. The monoisotopic (exact) mass is 825 g/mol. The lowest BCUT2D eigenvalue weighted by Crippen LogP contribution is -2.59. The molecule has 0 fully saturated rings. The molecule has 1 amide bonds. The lowest BCUT2D eigenvalue weighted by Gasteiger charge is -2.38. The predicted octanol–water partition coefficient (Wildman–Crippen LogP) is 10.5. The fourth-order valence-corrected chi connectivity index (χ4v) is 7.14. The summed E-state index contributed by atoms with van der Waals surface area (Å²) in [4.78, 5) is 14.9. The third kappa shape index (κ3) is 18.8. The molecule has 0 spiro atoms. The van der Waals surface area contributed by atoms with Crippen molar-refractivity contribution in [2.75, 3.05) is 0 Å². The zero-order valence-electron chi connectivity index (χ0n) is 39.6. The number of carbonyl (C=O) groups excluding carboxylic acids is 1. The summed E-state index contributed by atoms with van der Waals surface area (Å²) in [5.41, 5.74) is 5.18. The lowest BCUT2D eigenvalue weighted by atomic mass is 9.84. The Kier molecular flexibility index (Phi) is 21.7. The molecule has 0 aromatic heterocycles. The minimum atomic E-state index is -0.593. The minimum Gasteiger partial charge on any atom is -0.475 e. The van der Waals surface area contributed by atoms with E-state index in [-0.39, 0.29) is 30.1 Å². The van der Waals surface area contributed by atoms with Gasteiger partial charge in [0.2, 0.25) is 5.91 Å². The first kappa shape index (κ1) is 51.6. The second kappa shape index (κ2) is 25.2. The van der Waals surface area contributed by atoms with Crippen LogP contribution in [0.2, 0.25) is 0 Å². The molecule has 0 bridgehead atoms. The van der Waals surface area contributed by atoms with Gasteiger partial charge in [0, 0.05) is 35.3 Å². The van der Waals surface area contributed by atoms with E-state index in [9.17, 15) is 4.79 Å². The average molecular weight is 825 g/mol. The summed E-state index contributed by atoms with van der Waals surface area (Å²) in [6.07, 6.45) is 3.71. The van der Waals surface area contributed by atoms with Gasteiger partial charge >= 0.3 is 0 Å². The van der Waals surface area contributed by atoms with Crippen molar-refractivity contribution in [3.63, 3.8) is 0 Å². The molecule has 0 aliphatic rings. The average Bonchev–Trinajstić information content (AvgIpc) is 3.16. The largest absolute Gasteiger partial charge is 0.475 e. The molecule has 2 aromatic rings. The summed E-state index contributed by atoms with van der Waals surface area (Å²) < 4.78 is 6.22. The van der Waals surface area contributed by atoms with Gasteiger partial charge in [0.25, 0.3) is 0 Å². The molecule has 0 aliphatic carbocycles. The molecule has 0 saturated heterocycles. The zero-order chi connectivity index (χ0) is 45.2. The summed E-state index contributed by atoms with van der Waals surface area (Å²) in [6.45, 7) is 48.6. The van der Waals surface area contributed by atoms with E-state index >= 15 is 0 Å². The maximum atomic E-state index is 14.9. The predicted molar refractivity (Wildman–Crippen MR) is 257 cm³/mol. The Hall–Kier alpha value is -4.59. The van der Waals surface area contributed by atoms with Crippen molar-refractivity contribution in [2.24, 2.45) is 29.1 Å². The quantitative estimate of drug-likeness (QED) is 0.0455. The van der Waals surface area contributed by atoms with Crippen LogP contribution in [0, 0.1) is 29.1 Å². The Labute approximate surface area is 366 Å². The first-order chi connectivity index (χ1) is 28.1. The van der Waals surface area contributed by atoms with Crippen molar-refractivity contribution in [2.45, 2.75) is 158 Å². The Morgan fingerprint density at radius 2 is 1.22 bits per heavy atom. The molecule has 5 unspecified atom stereocenters. The van der Waals surface area contributed by atoms with Gasteiger partial charge in [-0.05, 0) is 73.0 Å². The fraction of sp³-hybridized carbons (Fsp3) is 0.558. The molecule has 7 atom stereocenters. The third-order valence-electron chi connectivity index (χ3n) is 11.2. The molecule has 8 nitrogen and oxygen atoms in total. The van der Waals surface area contributed by atoms with Crippen molar-refractivity contribution >= 4 is 5.91 Å². The van der Waals surface area contributed by atoms with Crippen molar-refractivity contribution in [3.8, 4) is 0 Å². The summed E-state index contributed by atoms with van der Waals surface area (Å²) in [5, 5.41) is 21.8. The number of benzene rings is 2. The lowest BCUT2D eigenvalue weighted by molar-refractivity contribution is -0.126. The SMILES string of the molecule is C=C(CC(C)C)NC(CC(C)C)C(=C)NC(C(=O)NC(Cc1ccccc1)[C@H](CC(=C)NC(C(=C)NC(C)C(C)C)[C@@H](C)CC)NC(=C)OCc1ccccc1)C(C)(C)C. The maximum Gasteiger partial charge on any atom is 0.243 e. The molecule has 2 aromatic carbocycles. The van der Waals surface area contributed by atoms with Gasteiger partial charge in [0.05, 0.1) is 24.2 Å². The molecule has 0 aliphatic heterocycles. The van der Waals surface area contributed by atoms with Crippen LogP contribution in [0.1, 0.15) is 120 Å². The highest BCUT2D eigenvalue weighted by Crippen LogP contribution is 2.25. The number of ether oxygens (including phenoxy) is 1. The molecular weight excluding hydrogens is 741 g/mol. The number of amides is 1. The van der Waals surface area contributed by atoms with Gasteiger partial charge in [-0.15, -0.1) is 0 Å². The molecule has 8 heteroatoms. The van der Waals surface area contributed by atoms with Gasteiger partial charge in [-0.25, -0.2) is 0 Å².